The highest BCUT2D eigenvalue weighted by Gasteiger charge is 2.39. The van der Waals surface area contributed by atoms with Crippen molar-refractivity contribution in [3.8, 4) is 0 Å². The Hall–Kier alpha value is -1.63. The minimum atomic E-state index is -1.25. The van der Waals surface area contributed by atoms with Crippen molar-refractivity contribution in [1.29, 1.82) is 0 Å². The van der Waals surface area contributed by atoms with Gasteiger partial charge in [0.1, 0.15) is 6.04 Å². The molecule has 5 N–H and O–H groups in total. The zero-order valence-corrected chi connectivity index (χ0v) is 11.1. The maximum atomic E-state index is 12.3. The molecule has 0 aromatic carbocycles. The average Bonchev–Trinajstić information content (AvgIpc) is 2.38. The number of rotatable bonds is 6. The van der Waals surface area contributed by atoms with Gasteiger partial charge in [-0.2, -0.15) is 0 Å². The molecule has 7 nitrogen and oxygen atoms in total. The highest BCUT2D eigenvalue weighted by Crippen LogP contribution is 2.32. The van der Waals surface area contributed by atoms with E-state index in [0.717, 1.165) is 13.1 Å². The Bertz CT molecular complexity index is 364. The number of carboxylic acids is 1. The third kappa shape index (κ3) is 3.92. The van der Waals surface area contributed by atoms with Crippen molar-refractivity contribution in [2.24, 2.45) is 11.1 Å². The number of amides is 2. The number of hydrogen-bond acceptors (Lipinski definition) is 4. The van der Waals surface area contributed by atoms with Crippen LogP contribution in [0.3, 0.4) is 0 Å². The maximum absolute atomic E-state index is 12.3. The van der Waals surface area contributed by atoms with Gasteiger partial charge in [-0.3, -0.25) is 9.59 Å². The molecular weight excluding hydrogens is 250 g/mol. The summed E-state index contributed by atoms with van der Waals surface area (Å²) in [4.78, 5) is 34.1. The van der Waals surface area contributed by atoms with Crippen molar-refractivity contribution in [3.63, 3.8) is 0 Å². The van der Waals surface area contributed by atoms with Crippen molar-refractivity contribution in [3.05, 3.63) is 0 Å². The molecule has 108 valence electrons. The molecule has 2 amide bonds. The summed E-state index contributed by atoms with van der Waals surface area (Å²) in [6.45, 7) is 3.37. The lowest BCUT2D eigenvalue weighted by Gasteiger charge is -2.36. The van der Waals surface area contributed by atoms with Crippen LogP contribution in [-0.2, 0) is 14.4 Å². The Balaban J connectivity index is 2.74. The second-order valence-electron chi connectivity index (χ2n) is 4.92. The Kier molecular flexibility index (Phi) is 5.29. The van der Waals surface area contributed by atoms with Crippen molar-refractivity contribution in [2.45, 2.75) is 38.6 Å². The molecule has 1 atom stereocenters. The molecule has 0 spiro atoms. The van der Waals surface area contributed by atoms with E-state index in [1.165, 1.54) is 0 Å². The lowest BCUT2D eigenvalue weighted by atomic mass is 9.75. The summed E-state index contributed by atoms with van der Waals surface area (Å²) >= 11 is 0. The van der Waals surface area contributed by atoms with E-state index in [9.17, 15) is 14.4 Å². The molecule has 0 unspecified atom stereocenters. The minimum absolute atomic E-state index is 0.301. The quantitative estimate of drug-likeness (QED) is 0.504. The Labute approximate surface area is 111 Å². The lowest BCUT2D eigenvalue weighted by Crippen LogP contribution is -2.52. The fraction of sp³-hybridized carbons (Fsp3) is 0.750. The van der Waals surface area contributed by atoms with Crippen LogP contribution in [0.5, 0.6) is 0 Å². The predicted octanol–water partition coefficient (Wildman–Crippen LogP) is -0.789. The van der Waals surface area contributed by atoms with E-state index in [2.05, 4.69) is 10.6 Å². The van der Waals surface area contributed by atoms with Gasteiger partial charge in [-0.05, 0) is 32.4 Å². The van der Waals surface area contributed by atoms with Crippen LogP contribution in [-0.4, -0.2) is 42.0 Å². The minimum Gasteiger partial charge on any atom is -0.480 e. The van der Waals surface area contributed by atoms with Crippen LogP contribution in [0.25, 0.3) is 0 Å². The third-order valence-electron chi connectivity index (χ3n) is 3.73. The smallest absolute Gasteiger partial charge is 0.326 e. The van der Waals surface area contributed by atoms with E-state index in [1.807, 2.05) is 6.92 Å². The molecule has 1 aliphatic rings. The van der Waals surface area contributed by atoms with Gasteiger partial charge in [-0.25, -0.2) is 4.79 Å². The predicted molar refractivity (Wildman–Crippen MR) is 68.2 cm³/mol. The summed E-state index contributed by atoms with van der Waals surface area (Å²) in [5.41, 5.74) is 4.44. The van der Waals surface area contributed by atoms with Gasteiger partial charge in [-0.15, -0.1) is 0 Å². The molecule has 1 rings (SSSR count). The third-order valence-corrected chi connectivity index (χ3v) is 3.73. The number of hydrogen-bond donors (Lipinski definition) is 4. The van der Waals surface area contributed by atoms with Crippen LogP contribution in [0.2, 0.25) is 0 Å². The molecule has 0 aliphatic carbocycles. The van der Waals surface area contributed by atoms with E-state index >= 15 is 0 Å². The van der Waals surface area contributed by atoms with Crippen LogP contribution >= 0.6 is 0 Å². The van der Waals surface area contributed by atoms with E-state index in [1.54, 1.807) is 0 Å². The van der Waals surface area contributed by atoms with Crippen LogP contribution in [0, 0.1) is 5.41 Å². The second-order valence-corrected chi connectivity index (χ2v) is 4.92. The molecule has 1 heterocycles. The van der Waals surface area contributed by atoms with Crippen molar-refractivity contribution >= 4 is 17.8 Å². The summed E-state index contributed by atoms with van der Waals surface area (Å²) < 4.78 is 0. The number of primary amides is 1. The van der Waals surface area contributed by atoms with Crippen molar-refractivity contribution in [2.75, 3.05) is 13.1 Å². The summed E-state index contributed by atoms with van der Waals surface area (Å²) in [5, 5.41) is 14.6. The largest absolute Gasteiger partial charge is 0.480 e. The SMILES string of the molecule is CCC1(C(=O)N[C@@H](CC(N)=O)C(=O)O)CCNCC1. The number of carboxylic acid groups (broad SMARTS) is 1. The molecule has 0 aromatic heterocycles. The first kappa shape index (κ1) is 15.4. The second kappa shape index (κ2) is 6.51. The number of nitrogens with two attached hydrogens (primary N) is 1. The van der Waals surface area contributed by atoms with Crippen molar-refractivity contribution < 1.29 is 19.5 Å². The normalized spacial score (nSPS) is 19.4. The van der Waals surface area contributed by atoms with Gasteiger partial charge in [0.15, 0.2) is 0 Å². The van der Waals surface area contributed by atoms with E-state index in [-0.39, 0.29) is 12.3 Å². The lowest BCUT2D eigenvalue weighted by molar-refractivity contribution is -0.145. The molecule has 1 aliphatic heterocycles. The number of nitrogens with one attached hydrogen (secondary N) is 2. The number of carbonyl (C=O) groups excluding carboxylic acids is 2. The van der Waals surface area contributed by atoms with Crippen LogP contribution in [0.1, 0.15) is 32.6 Å². The summed E-state index contributed by atoms with van der Waals surface area (Å²) in [7, 11) is 0. The first-order valence-electron chi connectivity index (χ1n) is 6.44. The zero-order valence-electron chi connectivity index (χ0n) is 11.1. The summed E-state index contributed by atoms with van der Waals surface area (Å²) in [6, 6.07) is -1.25. The van der Waals surface area contributed by atoms with Crippen LogP contribution in [0.4, 0.5) is 0 Å². The topological polar surface area (TPSA) is 122 Å². The maximum Gasteiger partial charge on any atom is 0.326 e. The van der Waals surface area contributed by atoms with Gasteiger partial charge < -0.3 is 21.5 Å². The molecular formula is C12H21N3O4. The van der Waals surface area contributed by atoms with Gasteiger partial charge in [0, 0.05) is 0 Å². The highest BCUT2D eigenvalue weighted by atomic mass is 16.4. The fourth-order valence-corrected chi connectivity index (χ4v) is 2.36. The highest BCUT2D eigenvalue weighted by molar-refractivity contribution is 5.90. The number of aliphatic carboxylic acids is 1. The van der Waals surface area contributed by atoms with E-state index in [4.69, 9.17) is 10.8 Å². The molecule has 1 saturated heterocycles. The van der Waals surface area contributed by atoms with Crippen LogP contribution in [0.15, 0.2) is 0 Å². The molecule has 0 saturated carbocycles. The standard InChI is InChI=1S/C12H21N3O4/c1-2-12(3-5-14-6-4-12)11(19)15-8(10(17)18)7-9(13)16/h8,14H,2-7H2,1H3,(H2,13,16)(H,15,19)(H,17,18)/t8-/m0/s1. The molecule has 0 aromatic rings. The summed E-state index contributed by atoms with van der Waals surface area (Å²) in [6.07, 6.45) is 1.58. The number of carbonyl (C=O) groups is 3. The molecule has 0 bridgehead atoms. The monoisotopic (exact) mass is 271 g/mol. The number of piperidine rings is 1. The Morgan fingerprint density at radius 3 is 2.37 bits per heavy atom. The van der Waals surface area contributed by atoms with Gasteiger partial charge in [0.2, 0.25) is 11.8 Å². The zero-order chi connectivity index (χ0) is 14.5. The molecule has 7 heteroatoms. The Morgan fingerprint density at radius 1 is 1.37 bits per heavy atom. The van der Waals surface area contributed by atoms with Gasteiger partial charge in [0.25, 0.3) is 0 Å². The van der Waals surface area contributed by atoms with Gasteiger partial charge >= 0.3 is 5.97 Å². The van der Waals surface area contributed by atoms with E-state index < -0.39 is 23.3 Å². The molecule has 1 fully saturated rings. The average molecular weight is 271 g/mol. The molecule has 0 radical (unpaired) electrons. The molecule has 19 heavy (non-hydrogen) atoms. The Morgan fingerprint density at radius 2 is 1.95 bits per heavy atom. The van der Waals surface area contributed by atoms with Crippen LogP contribution < -0.4 is 16.4 Å². The summed E-state index contributed by atoms with van der Waals surface area (Å²) in [5.74, 6) is -2.29. The first-order valence-corrected chi connectivity index (χ1v) is 6.44. The first-order chi connectivity index (χ1) is 8.91. The fourth-order valence-electron chi connectivity index (χ4n) is 2.36. The van der Waals surface area contributed by atoms with E-state index in [0.29, 0.717) is 19.3 Å². The van der Waals surface area contributed by atoms with Gasteiger partial charge in [-0.1, -0.05) is 6.92 Å². The van der Waals surface area contributed by atoms with Crippen molar-refractivity contribution in [1.82, 2.24) is 10.6 Å². The van der Waals surface area contributed by atoms with Gasteiger partial charge in [0.05, 0.1) is 11.8 Å².